The fourth-order valence-electron chi connectivity index (χ4n) is 2.61. The van der Waals surface area contributed by atoms with Crippen molar-refractivity contribution in [1.29, 1.82) is 0 Å². The number of hydrogen-bond donors (Lipinski definition) is 2. The Morgan fingerprint density at radius 2 is 1.52 bits per heavy atom. The predicted molar refractivity (Wildman–Crippen MR) is 107 cm³/mol. The van der Waals surface area contributed by atoms with E-state index in [1.165, 1.54) is 0 Å². The fraction of sp³-hybridized carbons (Fsp3) is 0.368. The Hall–Kier alpha value is -1.74. The fourth-order valence-corrected chi connectivity index (χ4v) is 5.20. The highest BCUT2D eigenvalue weighted by atomic mass is 32.2. The predicted octanol–water partition coefficient (Wildman–Crippen LogP) is 2.61. The number of sulfonamides is 2. The smallest absolute Gasteiger partial charge is 0.212 e. The summed E-state index contributed by atoms with van der Waals surface area (Å²) in [5.41, 5.74) is 3.10. The maximum absolute atomic E-state index is 12.6. The average Bonchev–Trinajstić information content (AvgIpc) is 2.55. The lowest BCUT2D eigenvalue weighted by molar-refractivity contribution is 0.568. The number of aryl methyl sites for hydroxylation is 2. The largest absolute Gasteiger partial charge is 0.240 e. The van der Waals surface area contributed by atoms with Crippen LogP contribution in [-0.4, -0.2) is 22.9 Å². The lowest BCUT2D eigenvalue weighted by Gasteiger charge is -2.14. The van der Waals surface area contributed by atoms with Crippen LogP contribution in [-0.2, 0) is 32.3 Å². The molecule has 0 spiro atoms. The molecule has 2 N–H and O–H groups in total. The van der Waals surface area contributed by atoms with Gasteiger partial charge in [0.1, 0.15) is 0 Å². The van der Waals surface area contributed by atoms with Crippen molar-refractivity contribution < 1.29 is 16.8 Å². The van der Waals surface area contributed by atoms with Gasteiger partial charge in [-0.25, -0.2) is 26.3 Å². The molecule has 0 saturated carbocycles. The highest BCUT2D eigenvalue weighted by Crippen LogP contribution is 2.17. The first-order valence-electron chi connectivity index (χ1n) is 8.64. The third kappa shape index (κ3) is 6.14. The first-order valence-corrected chi connectivity index (χ1v) is 11.8. The van der Waals surface area contributed by atoms with E-state index >= 15 is 0 Å². The van der Waals surface area contributed by atoms with Crippen molar-refractivity contribution in [1.82, 2.24) is 9.44 Å². The summed E-state index contributed by atoms with van der Waals surface area (Å²) in [5, 5.41) is 0. The van der Waals surface area contributed by atoms with E-state index in [4.69, 9.17) is 0 Å². The van der Waals surface area contributed by atoms with Gasteiger partial charge in [0.15, 0.2) is 0 Å². The van der Waals surface area contributed by atoms with Crippen molar-refractivity contribution in [3.8, 4) is 0 Å². The summed E-state index contributed by atoms with van der Waals surface area (Å²) < 4.78 is 54.6. The third-order valence-corrected chi connectivity index (χ3v) is 7.04. The molecule has 2 aromatic rings. The van der Waals surface area contributed by atoms with Gasteiger partial charge in [-0.15, -0.1) is 0 Å². The molecule has 6 nitrogen and oxygen atoms in total. The summed E-state index contributed by atoms with van der Waals surface area (Å²) in [6.45, 7) is 7.29. The van der Waals surface area contributed by atoms with E-state index in [-0.39, 0.29) is 23.2 Å². The Bertz CT molecular complexity index is 1010. The minimum Gasteiger partial charge on any atom is -0.212 e. The van der Waals surface area contributed by atoms with E-state index < -0.39 is 20.0 Å². The zero-order valence-electron chi connectivity index (χ0n) is 16.0. The number of hydrogen-bond acceptors (Lipinski definition) is 4. The van der Waals surface area contributed by atoms with Gasteiger partial charge >= 0.3 is 0 Å². The Morgan fingerprint density at radius 1 is 0.889 bits per heavy atom. The molecule has 0 fully saturated rings. The van der Waals surface area contributed by atoms with E-state index in [9.17, 15) is 16.8 Å². The third-order valence-electron chi connectivity index (χ3n) is 4.12. The molecule has 0 heterocycles. The molecule has 0 bridgehead atoms. The summed E-state index contributed by atoms with van der Waals surface area (Å²) in [5.74, 6) is -0.202. The number of rotatable bonds is 8. The molecule has 0 aromatic heterocycles. The van der Waals surface area contributed by atoms with E-state index in [0.717, 1.165) is 11.1 Å². The molecule has 0 amide bonds. The van der Waals surface area contributed by atoms with Gasteiger partial charge in [-0.3, -0.25) is 0 Å². The number of benzene rings is 2. The molecule has 148 valence electrons. The molecule has 2 rings (SSSR count). The molecular formula is C19H26N2O4S2. The topological polar surface area (TPSA) is 92.3 Å². The lowest BCUT2D eigenvalue weighted by atomic mass is 10.1. The van der Waals surface area contributed by atoms with Gasteiger partial charge in [-0.2, -0.15) is 0 Å². The van der Waals surface area contributed by atoms with Gasteiger partial charge in [0.05, 0.1) is 10.6 Å². The average molecular weight is 411 g/mol. The molecule has 8 heteroatoms. The number of nitrogens with one attached hydrogen (secondary N) is 2. The molecular weight excluding hydrogens is 384 g/mol. The van der Waals surface area contributed by atoms with Crippen molar-refractivity contribution in [3.63, 3.8) is 0 Å². The van der Waals surface area contributed by atoms with E-state index in [1.54, 1.807) is 56.3 Å². The first-order chi connectivity index (χ1) is 12.5. The van der Waals surface area contributed by atoms with Crippen molar-refractivity contribution in [2.45, 2.75) is 50.9 Å². The highest BCUT2D eigenvalue weighted by molar-refractivity contribution is 7.89. The molecule has 27 heavy (non-hydrogen) atoms. The van der Waals surface area contributed by atoms with Gasteiger partial charge in [-0.1, -0.05) is 30.3 Å². The molecule has 0 aliphatic rings. The molecule has 2 aromatic carbocycles. The minimum atomic E-state index is -3.69. The van der Waals surface area contributed by atoms with Crippen LogP contribution >= 0.6 is 0 Å². The van der Waals surface area contributed by atoms with E-state index in [2.05, 4.69) is 9.44 Å². The second-order valence-corrected chi connectivity index (χ2v) is 10.4. The quantitative estimate of drug-likeness (QED) is 0.700. The van der Waals surface area contributed by atoms with Crippen LogP contribution in [0.5, 0.6) is 0 Å². The zero-order valence-corrected chi connectivity index (χ0v) is 17.6. The van der Waals surface area contributed by atoms with Crippen LogP contribution in [0.1, 0.15) is 36.1 Å². The summed E-state index contributed by atoms with van der Waals surface area (Å²) in [7, 11) is -7.19. The molecule has 0 atom stereocenters. The lowest BCUT2D eigenvalue weighted by Crippen LogP contribution is -2.32. The van der Waals surface area contributed by atoms with Gasteiger partial charge in [-0.05, 0) is 62.1 Å². The SMILES string of the molecule is Cc1ccc(S(=O)(=O)NCc2ccccc2CS(=O)(=O)NC(C)C)cc1C. The normalized spacial score (nSPS) is 12.5. The van der Waals surface area contributed by atoms with Crippen LogP contribution in [0, 0.1) is 13.8 Å². The monoisotopic (exact) mass is 410 g/mol. The standard InChI is InChI=1S/C19H26N2O4S2/c1-14(2)21-26(22,23)13-18-8-6-5-7-17(18)12-20-27(24,25)19-10-9-15(3)16(4)11-19/h5-11,14,20-21H,12-13H2,1-4H3. The van der Waals surface area contributed by atoms with Crippen molar-refractivity contribution in [2.24, 2.45) is 0 Å². The van der Waals surface area contributed by atoms with E-state index in [1.807, 2.05) is 13.8 Å². The summed E-state index contributed by atoms with van der Waals surface area (Å²) in [6.07, 6.45) is 0. The van der Waals surface area contributed by atoms with Crippen molar-refractivity contribution >= 4 is 20.0 Å². The Balaban J connectivity index is 2.20. The Kier molecular flexibility index (Phi) is 6.80. The second-order valence-electron chi connectivity index (χ2n) is 6.87. The zero-order chi connectivity index (χ0) is 20.2. The maximum Gasteiger partial charge on any atom is 0.240 e. The summed E-state index contributed by atoms with van der Waals surface area (Å²) in [4.78, 5) is 0.192. The Morgan fingerprint density at radius 3 is 2.11 bits per heavy atom. The molecule has 0 radical (unpaired) electrons. The summed E-state index contributed by atoms with van der Waals surface area (Å²) in [6, 6.07) is 11.7. The van der Waals surface area contributed by atoms with Crippen molar-refractivity contribution in [3.05, 3.63) is 64.7 Å². The van der Waals surface area contributed by atoms with Crippen LogP contribution in [0.4, 0.5) is 0 Å². The van der Waals surface area contributed by atoms with Gasteiger partial charge in [0, 0.05) is 12.6 Å². The van der Waals surface area contributed by atoms with Crippen LogP contribution in [0.2, 0.25) is 0 Å². The Labute approximate surface area is 162 Å². The van der Waals surface area contributed by atoms with Gasteiger partial charge < -0.3 is 0 Å². The van der Waals surface area contributed by atoms with Crippen LogP contribution in [0.3, 0.4) is 0 Å². The van der Waals surface area contributed by atoms with Gasteiger partial charge in [0.2, 0.25) is 20.0 Å². The molecule has 0 unspecified atom stereocenters. The summed E-state index contributed by atoms with van der Waals surface area (Å²) >= 11 is 0. The highest BCUT2D eigenvalue weighted by Gasteiger charge is 2.18. The van der Waals surface area contributed by atoms with Gasteiger partial charge in [0.25, 0.3) is 0 Å². The van der Waals surface area contributed by atoms with Crippen LogP contribution < -0.4 is 9.44 Å². The van der Waals surface area contributed by atoms with Crippen molar-refractivity contribution in [2.75, 3.05) is 0 Å². The minimum absolute atomic E-state index is 0.0165. The molecule has 0 aliphatic carbocycles. The van der Waals surface area contributed by atoms with Crippen LogP contribution in [0.15, 0.2) is 47.4 Å². The first kappa shape index (κ1) is 21.6. The van der Waals surface area contributed by atoms with Crippen LogP contribution in [0.25, 0.3) is 0 Å². The second kappa shape index (κ2) is 8.52. The molecule has 0 saturated heterocycles. The van der Waals surface area contributed by atoms with E-state index in [0.29, 0.717) is 11.1 Å². The molecule has 0 aliphatic heterocycles. The maximum atomic E-state index is 12.6.